The summed E-state index contributed by atoms with van der Waals surface area (Å²) >= 11 is 1.42. The number of para-hydroxylation sites is 1. The fraction of sp³-hybridized carbons (Fsp3) is 0.318. The molecular formula is C22H25N3O2S. The molecule has 0 aromatic heterocycles. The lowest BCUT2D eigenvalue weighted by atomic mass is 10.0. The molecule has 1 aliphatic heterocycles. The zero-order valence-electron chi connectivity index (χ0n) is 16.4. The molecule has 0 unspecified atom stereocenters. The number of benzene rings is 2. The standard InChI is InChI=1S/C22H25N3O2S/c1-4-11-27-19-8-6-5-7-18(19)14-23-25-22-24-21(26)20(28-22)13-17-10-9-15(2)16(3)12-17/h5-10,12,14,20H,4,11,13H2,1-3H3,(H,24,25,26)/b23-14-/t20-/m1/s1. The van der Waals surface area contributed by atoms with E-state index in [1.54, 1.807) is 6.21 Å². The summed E-state index contributed by atoms with van der Waals surface area (Å²) in [6, 6.07) is 14.0. The van der Waals surface area contributed by atoms with Crippen molar-refractivity contribution < 1.29 is 9.53 Å². The Morgan fingerprint density at radius 1 is 1.18 bits per heavy atom. The first kappa shape index (κ1) is 20.1. The predicted molar refractivity (Wildman–Crippen MR) is 116 cm³/mol. The molecule has 1 atom stereocenters. The van der Waals surface area contributed by atoms with Gasteiger partial charge in [-0.2, -0.15) is 5.10 Å². The number of aryl methyl sites for hydroxylation is 2. The number of amidine groups is 1. The molecule has 1 N–H and O–H groups in total. The molecule has 0 radical (unpaired) electrons. The fourth-order valence-corrected chi connectivity index (χ4v) is 3.77. The molecule has 0 spiro atoms. The van der Waals surface area contributed by atoms with Gasteiger partial charge < -0.3 is 10.1 Å². The lowest BCUT2D eigenvalue weighted by Gasteiger charge is -2.07. The number of rotatable bonds is 7. The third kappa shape index (κ3) is 5.23. The van der Waals surface area contributed by atoms with Gasteiger partial charge in [0.15, 0.2) is 5.17 Å². The van der Waals surface area contributed by atoms with Gasteiger partial charge in [0, 0.05) is 5.56 Å². The zero-order chi connectivity index (χ0) is 19.9. The molecule has 146 valence electrons. The fourth-order valence-electron chi connectivity index (χ4n) is 2.81. The minimum absolute atomic E-state index is 0.0242. The Kier molecular flexibility index (Phi) is 6.87. The number of nitrogens with one attached hydrogen (secondary N) is 1. The van der Waals surface area contributed by atoms with Crippen molar-refractivity contribution in [1.29, 1.82) is 0 Å². The number of ether oxygens (including phenoxy) is 1. The van der Waals surface area contributed by atoms with Gasteiger partial charge >= 0.3 is 0 Å². The number of hydrogen-bond donors (Lipinski definition) is 1. The van der Waals surface area contributed by atoms with E-state index in [1.165, 1.54) is 22.9 Å². The van der Waals surface area contributed by atoms with E-state index in [0.29, 0.717) is 18.2 Å². The highest BCUT2D eigenvalue weighted by molar-refractivity contribution is 8.15. The van der Waals surface area contributed by atoms with Crippen LogP contribution in [0.15, 0.2) is 52.7 Å². The average molecular weight is 396 g/mol. The average Bonchev–Trinajstić information content (AvgIpc) is 3.03. The number of thioether (sulfide) groups is 1. The zero-order valence-corrected chi connectivity index (χ0v) is 17.3. The Balaban J connectivity index is 1.64. The number of carbonyl (C=O) groups is 1. The molecule has 0 bridgehead atoms. The second-order valence-corrected chi connectivity index (χ2v) is 7.95. The van der Waals surface area contributed by atoms with Crippen molar-refractivity contribution in [2.75, 3.05) is 6.61 Å². The van der Waals surface area contributed by atoms with Gasteiger partial charge in [-0.25, -0.2) is 0 Å². The summed E-state index contributed by atoms with van der Waals surface area (Å²) in [6.07, 6.45) is 3.27. The second-order valence-electron chi connectivity index (χ2n) is 6.75. The van der Waals surface area contributed by atoms with E-state index in [2.05, 4.69) is 54.5 Å². The SMILES string of the molecule is CCCOc1ccccc1/C=N\N=C1/NC(=O)[C@@H](Cc2ccc(C)c(C)c2)S1. The van der Waals surface area contributed by atoms with Gasteiger partial charge in [0.1, 0.15) is 5.75 Å². The van der Waals surface area contributed by atoms with Crippen LogP contribution in [0.1, 0.15) is 35.6 Å². The van der Waals surface area contributed by atoms with Crippen LogP contribution in [-0.4, -0.2) is 29.1 Å². The highest BCUT2D eigenvalue weighted by Gasteiger charge is 2.30. The first-order valence-corrected chi connectivity index (χ1v) is 10.3. The molecule has 0 saturated carbocycles. The minimum atomic E-state index is -0.184. The van der Waals surface area contributed by atoms with E-state index in [1.807, 2.05) is 24.3 Å². The van der Waals surface area contributed by atoms with Crippen molar-refractivity contribution >= 4 is 29.1 Å². The maximum absolute atomic E-state index is 12.3. The molecular weight excluding hydrogens is 370 g/mol. The van der Waals surface area contributed by atoms with E-state index in [-0.39, 0.29) is 11.2 Å². The van der Waals surface area contributed by atoms with Crippen molar-refractivity contribution in [3.05, 3.63) is 64.7 Å². The lowest BCUT2D eigenvalue weighted by Crippen LogP contribution is -2.26. The van der Waals surface area contributed by atoms with E-state index in [0.717, 1.165) is 23.3 Å². The highest BCUT2D eigenvalue weighted by atomic mass is 32.2. The monoisotopic (exact) mass is 395 g/mol. The number of amides is 1. The molecule has 28 heavy (non-hydrogen) atoms. The molecule has 1 aliphatic rings. The van der Waals surface area contributed by atoms with E-state index >= 15 is 0 Å². The molecule has 1 saturated heterocycles. The van der Waals surface area contributed by atoms with Gasteiger partial charge in [0.25, 0.3) is 0 Å². The summed E-state index contributed by atoms with van der Waals surface area (Å²) in [5, 5.41) is 11.5. The Morgan fingerprint density at radius 2 is 2.00 bits per heavy atom. The maximum Gasteiger partial charge on any atom is 0.239 e. The Morgan fingerprint density at radius 3 is 2.79 bits per heavy atom. The summed E-state index contributed by atoms with van der Waals surface area (Å²) in [5.41, 5.74) is 4.51. The molecule has 6 heteroatoms. The van der Waals surface area contributed by atoms with Crippen molar-refractivity contribution in [3.63, 3.8) is 0 Å². The van der Waals surface area contributed by atoms with Gasteiger partial charge in [0.2, 0.25) is 5.91 Å². The van der Waals surface area contributed by atoms with Crippen LogP contribution in [0.3, 0.4) is 0 Å². The maximum atomic E-state index is 12.3. The number of carbonyl (C=O) groups excluding carboxylic acids is 1. The van der Waals surface area contributed by atoms with Crippen LogP contribution in [0.5, 0.6) is 5.75 Å². The normalized spacial score (nSPS) is 18.0. The molecule has 1 fully saturated rings. The predicted octanol–water partition coefficient (Wildman–Crippen LogP) is 4.26. The highest BCUT2D eigenvalue weighted by Crippen LogP contribution is 2.24. The van der Waals surface area contributed by atoms with Gasteiger partial charge in [-0.1, -0.05) is 49.0 Å². The molecule has 1 amide bonds. The summed E-state index contributed by atoms with van der Waals surface area (Å²) in [4.78, 5) is 12.3. The Labute approximate surface area is 170 Å². The second kappa shape index (κ2) is 9.55. The van der Waals surface area contributed by atoms with Gasteiger partial charge in [-0.3, -0.25) is 4.79 Å². The van der Waals surface area contributed by atoms with Crippen molar-refractivity contribution in [3.8, 4) is 5.75 Å². The van der Waals surface area contributed by atoms with Crippen LogP contribution >= 0.6 is 11.8 Å². The molecule has 2 aromatic carbocycles. The van der Waals surface area contributed by atoms with Crippen LogP contribution in [0.25, 0.3) is 0 Å². The van der Waals surface area contributed by atoms with Crippen LogP contribution < -0.4 is 10.1 Å². The Hall–Kier alpha value is -2.60. The van der Waals surface area contributed by atoms with E-state index < -0.39 is 0 Å². The third-order valence-electron chi connectivity index (χ3n) is 4.49. The summed E-state index contributed by atoms with van der Waals surface area (Å²) < 4.78 is 5.71. The number of nitrogens with zero attached hydrogens (tertiary/aromatic N) is 2. The topological polar surface area (TPSA) is 63.1 Å². The molecule has 3 rings (SSSR count). The summed E-state index contributed by atoms with van der Waals surface area (Å²) in [5.74, 6) is 0.757. The first-order valence-electron chi connectivity index (χ1n) is 9.43. The van der Waals surface area contributed by atoms with Crippen LogP contribution in [-0.2, 0) is 11.2 Å². The summed E-state index contributed by atoms with van der Waals surface area (Å²) in [7, 11) is 0. The van der Waals surface area contributed by atoms with Crippen molar-refractivity contribution in [1.82, 2.24) is 5.32 Å². The quantitative estimate of drug-likeness (QED) is 0.563. The van der Waals surface area contributed by atoms with Crippen LogP contribution in [0.2, 0.25) is 0 Å². The van der Waals surface area contributed by atoms with Crippen LogP contribution in [0, 0.1) is 13.8 Å². The summed E-state index contributed by atoms with van der Waals surface area (Å²) in [6.45, 7) is 6.90. The van der Waals surface area contributed by atoms with Crippen LogP contribution in [0.4, 0.5) is 0 Å². The Bertz CT molecular complexity index is 908. The first-order chi connectivity index (χ1) is 13.6. The van der Waals surface area contributed by atoms with E-state index in [9.17, 15) is 4.79 Å². The van der Waals surface area contributed by atoms with Crippen molar-refractivity contribution in [2.45, 2.75) is 38.9 Å². The largest absolute Gasteiger partial charge is 0.493 e. The van der Waals surface area contributed by atoms with Gasteiger partial charge in [0.05, 0.1) is 18.1 Å². The number of hydrogen-bond acceptors (Lipinski definition) is 5. The van der Waals surface area contributed by atoms with E-state index in [4.69, 9.17) is 4.74 Å². The molecule has 2 aromatic rings. The third-order valence-corrected chi connectivity index (χ3v) is 5.57. The smallest absolute Gasteiger partial charge is 0.239 e. The van der Waals surface area contributed by atoms with Crippen molar-refractivity contribution in [2.24, 2.45) is 10.2 Å². The van der Waals surface area contributed by atoms with Gasteiger partial charge in [-0.15, -0.1) is 5.10 Å². The molecule has 0 aliphatic carbocycles. The minimum Gasteiger partial charge on any atom is -0.493 e. The van der Waals surface area contributed by atoms with Gasteiger partial charge in [-0.05, 0) is 55.5 Å². The molecule has 5 nitrogen and oxygen atoms in total. The lowest BCUT2D eigenvalue weighted by molar-refractivity contribution is -0.118. The molecule has 1 heterocycles.